The number of aromatic nitrogens is 2. The number of hydrogen-bond donors (Lipinski definition) is 1. The van der Waals surface area contributed by atoms with Crippen LogP contribution in [0.4, 0.5) is 0 Å². The van der Waals surface area contributed by atoms with Crippen LogP contribution in [0.1, 0.15) is 50.2 Å². The normalized spacial score (nSPS) is 41.5. The fraction of sp³-hybridized carbons (Fsp3) is 0.857. The van der Waals surface area contributed by atoms with E-state index in [-0.39, 0.29) is 5.41 Å². The summed E-state index contributed by atoms with van der Waals surface area (Å²) >= 11 is 0. The number of nitrogens with one attached hydrogen (secondary N) is 1. The molecule has 0 saturated heterocycles. The lowest BCUT2D eigenvalue weighted by atomic mass is 9.49. The zero-order valence-corrected chi connectivity index (χ0v) is 11.0. The van der Waals surface area contributed by atoms with Crippen molar-refractivity contribution in [2.75, 3.05) is 7.05 Å². The van der Waals surface area contributed by atoms with Crippen LogP contribution in [0, 0.1) is 17.8 Å². The van der Waals surface area contributed by atoms with Crippen LogP contribution >= 0.6 is 0 Å². The zero-order chi connectivity index (χ0) is 12.2. The molecule has 0 unspecified atom stereocenters. The van der Waals surface area contributed by atoms with Crippen molar-refractivity contribution >= 4 is 0 Å². The third kappa shape index (κ3) is 1.54. The summed E-state index contributed by atoms with van der Waals surface area (Å²) in [4.78, 5) is 4.65. The Hall–Kier alpha value is -0.900. The fourth-order valence-corrected chi connectivity index (χ4v) is 5.08. The van der Waals surface area contributed by atoms with E-state index in [1.807, 2.05) is 7.05 Å². The van der Waals surface area contributed by atoms with Gasteiger partial charge >= 0.3 is 0 Å². The Morgan fingerprint density at radius 3 is 2.33 bits per heavy atom. The molecule has 1 aromatic rings. The molecule has 4 bridgehead atoms. The van der Waals surface area contributed by atoms with Crippen molar-refractivity contribution in [1.29, 1.82) is 0 Å². The molecule has 4 saturated carbocycles. The molecule has 0 aromatic carbocycles. The van der Waals surface area contributed by atoms with Gasteiger partial charge in [-0.2, -0.15) is 4.98 Å². The molecule has 4 aliphatic rings. The van der Waals surface area contributed by atoms with Gasteiger partial charge in [-0.1, -0.05) is 5.16 Å². The van der Waals surface area contributed by atoms with Crippen LogP contribution in [-0.4, -0.2) is 17.2 Å². The van der Waals surface area contributed by atoms with Crippen molar-refractivity contribution in [2.45, 2.75) is 50.5 Å². The summed E-state index contributed by atoms with van der Waals surface area (Å²) in [5.74, 6) is 4.54. The predicted molar refractivity (Wildman–Crippen MR) is 66.9 cm³/mol. The summed E-state index contributed by atoms with van der Waals surface area (Å²) in [5, 5.41) is 7.37. The highest BCUT2D eigenvalue weighted by Crippen LogP contribution is 2.60. The minimum atomic E-state index is 0.268. The van der Waals surface area contributed by atoms with Crippen LogP contribution in [0.2, 0.25) is 0 Å². The maximum atomic E-state index is 5.37. The van der Waals surface area contributed by atoms with E-state index in [4.69, 9.17) is 4.52 Å². The van der Waals surface area contributed by atoms with Crippen molar-refractivity contribution in [3.8, 4) is 0 Å². The molecule has 0 spiro atoms. The van der Waals surface area contributed by atoms with E-state index in [9.17, 15) is 0 Å². The molecular weight excluding hydrogens is 226 g/mol. The molecule has 4 nitrogen and oxygen atoms in total. The molecule has 5 rings (SSSR count). The van der Waals surface area contributed by atoms with Gasteiger partial charge < -0.3 is 9.84 Å². The Morgan fingerprint density at radius 2 is 1.78 bits per heavy atom. The van der Waals surface area contributed by atoms with E-state index in [1.165, 1.54) is 38.5 Å². The van der Waals surface area contributed by atoms with E-state index in [0.717, 1.165) is 29.5 Å². The van der Waals surface area contributed by atoms with Crippen LogP contribution in [0.15, 0.2) is 4.52 Å². The van der Waals surface area contributed by atoms with Crippen molar-refractivity contribution < 1.29 is 4.52 Å². The third-order valence-electron chi connectivity index (χ3n) is 5.31. The Labute approximate surface area is 108 Å². The van der Waals surface area contributed by atoms with Gasteiger partial charge in [-0.05, 0) is 63.3 Å². The second-order valence-corrected chi connectivity index (χ2v) is 6.74. The largest absolute Gasteiger partial charge is 0.338 e. The monoisotopic (exact) mass is 247 g/mol. The Bertz CT molecular complexity index is 418. The highest BCUT2D eigenvalue weighted by Gasteiger charge is 2.53. The van der Waals surface area contributed by atoms with Gasteiger partial charge in [0.2, 0.25) is 5.89 Å². The van der Waals surface area contributed by atoms with Gasteiger partial charge in [0.25, 0.3) is 0 Å². The van der Waals surface area contributed by atoms with E-state index < -0.39 is 0 Å². The summed E-state index contributed by atoms with van der Waals surface area (Å²) in [6, 6.07) is 0. The molecule has 0 radical (unpaired) electrons. The van der Waals surface area contributed by atoms with Crippen molar-refractivity contribution in [2.24, 2.45) is 17.8 Å². The summed E-state index contributed by atoms with van der Waals surface area (Å²) < 4.78 is 5.37. The van der Waals surface area contributed by atoms with Gasteiger partial charge in [-0.25, -0.2) is 0 Å². The van der Waals surface area contributed by atoms with Crippen molar-refractivity contribution in [3.63, 3.8) is 0 Å². The Morgan fingerprint density at radius 1 is 1.17 bits per heavy atom. The molecule has 4 heteroatoms. The molecule has 18 heavy (non-hydrogen) atoms. The van der Waals surface area contributed by atoms with Gasteiger partial charge in [-0.3, -0.25) is 0 Å². The number of rotatable bonds is 3. The Balaban J connectivity index is 1.66. The van der Waals surface area contributed by atoms with Gasteiger partial charge in [0.1, 0.15) is 0 Å². The average Bonchev–Trinajstić information content (AvgIpc) is 2.77. The minimum absolute atomic E-state index is 0.268. The first-order valence-corrected chi connectivity index (χ1v) is 7.25. The summed E-state index contributed by atoms with van der Waals surface area (Å²) in [5.41, 5.74) is 0.268. The van der Waals surface area contributed by atoms with Crippen LogP contribution in [-0.2, 0) is 12.0 Å². The standard InChI is InChI=1S/C14H21N3O/c1-15-8-12-16-13(17-18-12)14-5-9-2-10(6-14)4-11(3-9)7-14/h9-11,15H,2-8H2,1H3. The predicted octanol–water partition coefficient (Wildman–Crippen LogP) is 2.26. The molecular formula is C14H21N3O. The van der Waals surface area contributed by atoms with Gasteiger partial charge in [0.15, 0.2) is 5.82 Å². The van der Waals surface area contributed by atoms with E-state index >= 15 is 0 Å². The van der Waals surface area contributed by atoms with Crippen LogP contribution in [0.3, 0.4) is 0 Å². The van der Waals surface area contributed by atoms with Crippen LogP contribution < -0.4 is 5.32 Å². The van der Waals surface area contributed by atoms with Gasteiger partial charge in [0, 0.05) is 5.41 Å². The highest BCUT2D eigenvalue weighted by molar-refractivity contribution is 5.16. The molecule has 0 aliphatic heterocycles. The summed E-state index contributed by atoms with van der Waals surface area (Å²) in [6.45, 7) is 0.680. The maximum absolute atomic E-state index is 5.37. The van der Waals surface area contributed by atoms with Crippen molar-refractivity contribution in [3.05, 3.63) is 11.7 Å². The maximum Gasteiger partial charge on any atom is 0.240 e. The van der Waals surface area contributed by atoms with Crippen LogP contribution in [0.25, 0.3) is 0 Å². The molecule has 4 fully saturated rings. The highest BCUT2D eigenvalue weighted by atomic mass is 16.5. The lowest BCUT2D eigenvalue weighted by molar-refractivity contribution is -0.0103. The topological polar surface area (TPSA) is 51.0 Å². The second-order valence-electron chi connectivity index (χ2n) is 6.74. The summed E-state index contributed by atoms with van der Waals surface area (Å²) in [7, 11) is 1.91. The molecule has 1 heterocycles. The molecule has 0 amide bonds. The lowest BCUT2D eigenvalue weighted by Crippen LogP contribution is -2.49. The first-order chi connectivity index (χ1) is 8.77. The molecule has 4 aliphatic carbocycles. The van der Waals surface area contributed by atoms with Crippen LogP contribution in [0.5, 0.6) is 0 Å². The molecule has 0 atom stereocenters. The van der Waals surface area contributed by atoms with E-state index in [0.29, 0.717) is 6.54 Å². The average molecular weight is 247 g/mol. The van der Waals surface area contributed by atoms with Gasteiger partial charge in [-0.15, -0.1) is 0 Å². The van der Waals surface area contributed by atoms with E-state index in [2.05, 4.69) is 15.5 Å². The smallest absolute Gasteiger partial charge is 0.240 e. The minimum Gasteiger partial charge on any atom is -0.338 e. The number of nitrogens with zero attached hydrogens (tertiary/aromatic N) is 2. The quantitative estimate of drug-likeness (QED) is 0.890. The fourth-order valence-electron chi connectivity index (χ4n) is 5.08. The summed E-state index contributed by atoms with van der Waals surface area (Å²) in [6.07, 6.45) is 8.29. The molecule has 1 N–H and O–H groups in total. The van der Waals surface area contributed by atoms with Gasteiger partial charge in [0.05, 0.1) is 6.54 Å². The molecule has 1 aromatic heterocycles. The Kier molecular flexibility index (Phi) is 2.31. The van der Waals surface area contributed by atoms with Crippen molar-refractivity contribution in [1.82, 2.24) is 15.5 Å². The second kappa shape index (κ2) is 3.80. The van der Waals surface area contributed by atoms with E-state index in [1.54, 1.807) is 0 Å². The molecule has 98 valence electrons. The third-order valence-corrected chi connectivity index (χ3v) is 5.31. The SMILES string of the molecule is CNCc1nc(C23CC4CC(CC(C4)C2)C3)no1. The zero-order valence-electron chi connectivity index (χ0n) is 11.0. The lowest BCUT2D eigenvalue weighted by Gasteiger charge is -2.55. The first kappa shape index (κ1) is 11.0. The number of hydrogen-bond acceptors (Lipinski definition) is 4. The first-order valence-electron chi connectivity index (χ1n) is 7.25.